The second-order valence-corrected chi connectivity index (χ2v) is 7.94. The SMILES string of the molecule is Nc1ncnc2c1c(/C=C/C(=O)NCCNc1ncnc3[nH]cnc13)cn2[C@H]1C[C@@H](O)[C@@H](CO)O1. The van der Waals surface area contributed by atoms with Gasteiger partial charge in [-0.05, 0) is 6.08 Å². The van der Waals surface area contributed by atoms with Crippen LogP contribution in [-0.4, -0.2) is 82.5 Å². The maximum absolute atomic E-state index is 12.4. The zero-order chi connectivity index (χ0) is 24.4. The number of nitrogens with zero attached hydrogens (tertiary/aromatic N) is 6. The first-order valence-corrected chi connectivity index (χ1v) is 10.9. The summed E-state index contributed by atoms with van der Waals surface area (Å²) in [4.78, 5) is 36.1. The number of hydrogen-bond donors (Lipinski definition) is 6. The summed E-state index contributed by atoms with van der Waals surface area (Å²) in [5.41, 5.74) is 8.47. The number of imidazole rings is 1. The number of nitrogen functional groups attached to an aromatic ring is 1. The fourth-order valence-corrected chi connectivity index (χ4v) is 4.02. The van der Waals surface area contributed by atoms with Gasteiger partial charge >= 0.3 is 0 Å². The Morgan fingerprint density at radius 3 is 2.94 bits per heavy atom. The summed E-state index contributed by atoms with van der Waals surface area (Å²) in [5.74, 6) is 0.528. The summed E-state index contributed by atoms with van der Waals surface area (Å²) in [7, 11) is 0. The van der Waals surface area contributed by atoms with Crippen LogP contribution >= 0.6 is 0 Å². The molecule has 1 saturated heterocycles. The smallest absolute Gasteiger partial charge is 0.244 e. The van der Waals surface area contributed by atoms with E-state index in [2.05, 4.69) is 40.5 Å². The van der Waals surface area contributed by atoms with E-state index in [1.54, 1.807) is 16.8 Å². The normalized spacial score (nSPS) is 20.2. The van der Waals surface area contributed by atoms with Crippen LogP contribution in [0.3, 0.4) is 0 Å². The lowest BCUT2D eigenvalue weighted by molar-refractivity contribution is -0.116. The monoisotopic (exact) mass is 480 g/mol. The number of carbonyl (C=O) groups excluding carboxylic acids is 1. The van der Waals surface area contributed by atoms with Crippen LogP contribution in [0, 0.1) is 0 Å². The Hall–Kier alpha value is -4.14. The first kappa shape index (κ1) is 22.6. The molecule has 1 aliphatic rings. The van der Waals surface area contributed by atoms with Crippen molar-refractivity contribution in [3.8, 4) is 0 Å². The number of aromatic nitrogens is 7. The highest BCUT2D eigenvalue weighted by Crippen LogP contribution is 2.34. The second kappa shape index (κ2) is 9.61. The molecular formula is C21H24N10O4. The molecule has 4 aromatic rings. The first-order valence-electron chi connectivity index (χ1n) is 10.9. The molecule has 1 aliphatic heterocycles. The molecule has 4 aromatic heterocycles. The number of hydrogen-bond acceptors (Lipinski definition) is 11. The van der Waals surface area contributed by atoms with Gasteiger partial charge in [-0.1, -0.05) is 0 Å². The van der Waals surface area contributed by atoms with Crippen LogP contribution < -0.4 is 16.4 Å². The van der Waals surface area contributed by atoms with Crippen LogP contribution in [0.4, 0.5) is 11.6 Å². The van der Waals surface area contributed by atoms with E-state index < -0.39 is 18.4 Å². The Morgan fingerprint density at radius 2 is 2.11 bits per heavy atom. The Labute approximate surface area is 198 Å². The average molecular weight is 480 g/mol. The molecule has 0 bridgehead atoms. The second-order valence-electron chi connectivity index (χ2n) is 7.94. The molecular weight excluding hydrogens is 456 g/mol. The van der Waals surface area contributed by atoms with Crippen molar-refractivity contribution < 1.29 is 19.7 Å². The van der Waals surface area contributed by atoms with Crippen molar-refractivity contribution in [1.82, 2.24) is 39.8 Å². The van der Waals surface area contributed by atoms with Gasteiger partial charge in [0.15, 0.2) is 11.5 Å². The zero-order valence-electron chi connectivity index (χ0n) is 18.5. The van der Waals surface area contributed by atoms with Gasteiger partial charge in [0.25, 0.3) is 0 Å². The van der Waals surface area contributed by atoms with Crippen molar-refractivity contribution in [2.75, 3.05) is 30.7 Å². The largest absolute Gasteiger partial charge is 0.394 e. The summed E-state index contributed by atoms with van der Waals surface area (Å²) in [6.45, 7) is 0.494. The van der Waals surface area contributed by atoms with E-state index in [0.29, 0.717) is 46.7 Å². The molecule has 0 aliphatic carbocycles. The third-order valence-electron chi connectivity index (χ3n) is 5.71. The number of aliphatic hydroxyl groups excluding tert-OH is 2. The van der Waals surface area contributed by atoms with Crippen molar-refractivity contribution in [3.63, 3.8) is 0 Å². The molecule has 14 nitrogen and oxygen atoms in total. The van der Waals surface area contributed by atoms with E-state index >= 15 is 0 Å². The average Bonchev–Trinajstić information content (AvgIpc) is 3.57. The quantitative estimate of drug-likeness (QED) is 0.141. The lowest BCUT2D eigenvalue weighted by Gasteiger charge is -2.14. The number of aliphatic hydroxyl groups is 2. The highest BCUT2D eigenvalue weighted by molar-refractivity contribution is 5.99. The predicted octanol–water partition coefficient (Wildman–Crippen LogP) is -0.438. The number of carbonyl (C=O) groups is 1. The Bertz CT molecular complexity index is 1380. The predicted molar refractivity (Wildman–Crippen MR) is 126 cm³/mol. The molecule has 5 heterocycles. The van der Waals surface area contributed by atoms with Crippen LogP contribution in [0.5, 0.6) is 0 Å². The number of H-pyrrole nitrogens is 1. The summed E-state index contributed by atoms with van der Waals surface area (Å²) >= 11 is 0. The highest BCUT2D eigenvalue weighted by atomic mass is 16.5. The van der Waals surface area contributed by atoms with Crippen molar-refractivity contribution in [3.05, 3.63) is 36.8 Å². The number of amides is 1. The van der Waals surface area contributed by atoms with Crippen molar-refractivity contribution in [2.24, 2.45) is 0 Å². The molecule has 182 valence electrons. The van der Waals surface area contributed by atoms with E-state index in [9.17, 15) is 15.0 Å². The van der Waals surface area contributed by atoms with E-state index in [1.807, 2.05) is 0 Å². The van der Waals surface area contributed by atoms with Crippen LogP contribution in [-0.2, 0) is 9.53 Å². The minimum absolute atomic E-state index is 0.254. The molecule has 5 rings (SSSR count). The van der Waals surface area contributed by atoms with Gasteiger partial charge < -0.3 is 40.9 Å². The molecule has 1 amide bonds. The maximum Gasteiger partial charge on any atom is 0.244 e. The highest BCUT2D eigenvalue weighted by Gasteiger charge is 2.35. The van der Waals surface area contributed by atoms with Gasteiger partial charge in [-0.3, -0.25) is 4.79 Å². The summed E-state index contributed by atoms with van der Waals surface area (Å²) in [5, 5.41) is 26.0. The standard InChI is InChI=1S/C21H24N10O4/c22-18-16-11(6-31(21(16)30-9-26-18)15-5-12(33)13(7-32)35-15)1-2-14(34)23-3-4-24-19-17-20(27-8-25-17)29-10-28-19/h1-2,6,8-10,12-13,15,32-33H,3-5,7H2,(H,23,34)(H2,22,26,30)(H2,24,25,27,28,29)/b2-1+/t12-,13-,15-/m1/s1. The lowest BCUT2D eigenvalue weighted by Crippen LogP contribution is -2.27. The van der Waals surface area contributed by atoms with E-state index in [-0.39, 0.29) is 24.8 Å². The number of ether oxygens (including phenoxy) is 1. The summed E-state index contributed by atoms with van der Waals surface area (Å²) in [6.07, 6.45) is 7.32. The number of anilines is 2. The van der Waals surface area contributed by atoms with Gasteiger partial charge in [0.1, 0.15) is 42.0 Å². The van der Waals surface area contributed by atoms with Gasteiger partial charge in [-0.2, -0.15) is 0 Å². The Balaban J connectivity index is 1.25. The number of nitrogens with one attached hydrogen (secondary N) is 3. The molecule has 1 fully saturated rings. The van der Waals surface area contributed by atoms with Crippen LogP contribution in [0.15, 0.2) is 31.3 Å². The summed E-state index contributed by atoms with van der Waals surface area (Å²) < 4.78 is 7.48. The number of fused-ring (bicyclic) bond motifs is 2. The van der Waals surface area contributed by atoms with Crippen LogP contribution in [0.1, 0.15) is 18.2 Å². The van der Waals surface area contributed by atoms with Crippen LogP contribution in [0.2, 0.25) is 0 Å². The minimum Gasteiger partial charge on any atom is -0.394 e. The Morgan fingerprint density at radius 1 is 1.26 bits per heavy atom. The van der Waals surface area contributed by atoms with E-state index in [4.69, 9.17) is 10.5 Å². The third kappa shape index (κ3) is 4.49. The van der Waals surface area contributed by atoms with Crippen molar-refractivity contribution >= 4 is 45.8 Å². The molecule has 3 atom stereocenters. The van der Waals surface area contributed by atoms with Crippen molar-refractivity contribution in [2.45, 2.75) is 24.9 Å². The van der Waals surface area contributed by atoms with Gasteiger partial charge in [0, 0.05) is 37.3 Å². The minimum atomic E-state index is -0.800. The molecule has 0 unspecified atom stereocenters. The lowest BCUT2D eigenvalue weighted by atomic mass is 10.2. The van der Waals surface area contributed by atoms with Crippen molar-refractivity contribution in [1.29, 1.82) is 0 Å². The van der Waals surface area contributed by atoms with E-state index in [1.165, 1.54) is 25.1 Å². The van der Waals surface area contributed by atoms with Gasteiger partial charge in [0.2, 0.25) is 5.91 Å². The summed E-state index contributed by atoms with van der Waals surface area (Å²) in [6, 6.07) is 0. The maximum atomic E-state index is 12.4. The first-order chi connectivity index (χ1) is 17.0. The third-order valence-corrected chi connectivity index (χ3v) is 5.71. The van der Waals surface area contributed by atoms with Gasteiger partial charge in [0.05, 0.1) is 24.4 Å². The molecule has 7 N–H and O–H groups in total. The number of rotatable bonds is 8. The van der Waals surface area contributed by atoms with Gasteiger partial charge in [-0.15, -0.1) is 0 Å². The topological polar surface area (TPSA) is 202 Å². The fraction of sp³-hybridized carbons (Fsp3) is 0.333. The molecule has 0 spiro atoms. The van der Waals surface area contributed by atoms with Gasteiger partial charge in [-0.25, -0.2) is 24.9 Å². The molecule has 0 saturated carbocycles. The molecule has 14 heteroatoms. The van der Waals surface area contributed by atoms with E-state index in [0.717, 1.165) is 0 Å². The van der Waals surface area contributed by atoms with Crippen LogP contribution in [0.25, 0.3) is 28.3 Å². The molecule has 0 radical (unpaired) electrons. The molecule has 0 aromatic carbocycles. The Kier molecular flexibility index (Phi) is 6.22. The molecule has 35 heavy (non-hydrogen) atoms. The fourth-order valence-electron chi connectivity index (χ4n) is 4.02. The number of nitrogens with two attached hydrogens (primary N) is 1. The zero-order valence-corrected chi connectivity index (χ0v) is 18.5. The number of aromatic amines is 1.